The van der Waals surface area contributed by atoms with Crippen LogP contribution in [0.3, 0.4) is 0 Å². The van der Waals surface area contributed by atoms with Gasteiger partial charge >= 0.3 is 6.09 Å². The van der Waals surface area contributed by atoms with Crippen LogP contribution in [0.4, 0.5) is 4.79 Å². The molecule has 6 nitrogen and oxygen atoms in total. The first-order valence-corrected chi connectivity index (χ1v) is 8.74. The van der Waals surface area contributed by atoms with Crippen molar-refractivity contribution in [3.8, 4) is 0 Å². The van der Waals surface area contributed by atoms with E-state index in [1.165, 1.54) is 12.1 Å². The minimum absolute atomic E-state index is 0.0416. The van der Waals surface area contributed by atoms with E-state index in [0.717, 1.165) is 5.56 Å². The van der Waals surface area contributed by atoms with Gasteiger partial charge in [-0.05, 0) is 23.3 Å². The van der Waals surface area contributed by atoms with E-state index in [2.05, 4.69) is 5.32 Å². The molecule has 0 aromatic heterocycles. The first-order chi connectivity index (χ1) is 11.4. The molecule has 0 radical (unpaired) electrons. The number of amides is 1. The standard InChI is InChI=1S/C17H18N2O4S/c18-24(21,22)16-10-4-8-14(12-16)9-5-11-19-17(20)23-13-15-6-2-1-3-7-15/h1-10,12H,11,13H2,(H,19,20)(H2,18,21,22). The second-order valence-electron chi connectivity index (χ2n) is 4.96. The van der Waals surface area contributed by atoms with E-state index < -0.39 is 16.1 Å². The van der Waals surface area contributed by atoms with Crippen LogP contribution in [-0.2, 0) is 21.4 Å². The monoisotopic (exact) mass is 346 g/mol. The molecule has 0 spiro atoms. The lowest BCUT2D eigenvalue weighted by Crippen LogP contribution is -2.24. The van der Waals surface area contributed by atoms with Crippen LogP contribution in [0.25, 0.3) is 6.08 Å². The zero-order valence-corrected chi connectivity index (χ0v) is 13.7. The van der Waals surface area contributed by atoms with E-state index >= 15 is 0 Å². The maximum atomic E-state index is 11.6. The molecule has 0 bridgehead atoms. The number of nitrogens with one attached hydrogen (secondary N) is 1. The van der Waals surface area contributed by atoms with Crippen molar-refractivity contribution in [1.82, 2.24) is 5.32 Å². The first-order valence-electron chi connectivity index (χ1n) is 7.19. The molecule has 0 heterocycles. The van der Waals surface area contributed by atoms with E-state index in [-0.39, 0.29) is 18.0 Å². The highest BCUT2D eigenvalue weighted by Gasteiger charge is 2.06. The van der Waals surface area contributed by atoms with Crippen molar-refractivity contribution in [3.63, 3.8) is 0 Å². The largest absolute Gasteiger partial charge is 0.445 e. The highest BCUT2D eigenvalue weighted by molar-refractivity contribution is 7.89. The van der Waals surface area contributed by atoms with Crippen LogP contribution in [0.15, 0.2) is 65.6 Å². The molecule has 1 amide bonds. The zero-order chi connectivity index (χ0) is 17.4. The van der Waals surface area contributed by atoms with Crippen molar-refractivity contribution in [1.29, 1.82) is 0 Å². The normalized spacial score (nSPS) is 11.4. The molecule has 3 N–H and O–H groups in total. The molecule has 0 saturated carbocycles. The van der Waals surface area contributed by atoms with Gasteiger partial charge in [0.15, 0.2) is 0 Å². The first kappa shape index (κ1) is 17.7. The molecule has 0 fully saturated rings. The van der Waals surface area contributed by atoms with Crippen molar-refractivity contribution >= 4 is 22.2 Å². The summed E-state index contributed by atoms with van der Waals surface area (Å²) < 4.78 is 27.6. The predicted octanol–water partition coefficient (Wildman–Crippen LogP) is 2.27. The van der Waals surface area contributed by atoms with Gasteiger partial charge in [0.2, 0.25) is 10.0 Å². The summed E-state index contributed by atoms with van der Waals surface area (Å²) in [5.74, 6) is 0. The molecule has 0 unspecified atom stereocenters. The summed E-state index contributed by atoms with van der Waals surface area (Å²) in [6.45, 7) is 0.458. The highest BCUT2D eigenvalue weighted by Crippen LogP contribution is 2.10. The third-order valence-corrected chi connectivity index (χ3v) is 3.98. The Balaban J connectivity index is 1.79. The molecule has 0 atom stereocenters. The van der Waals surface area contributed by atoms with E-state index in [1.54, 1.807) is 24.3 Å². The third-order valence-electron chi connectivity index (χ3n) is 3.07. The van der Waals surface area contributed by atoms with Gasteiger partial charge in [-0.3, -0.25) is 0 Å². The fourth-order valence-corrected chi connectivity index (χ4v) is 2.48. The van der Waals surface area contributed by atoms with Gasteiger partial charge in [0.1, 0.15) is 6.61 Å². The van der Waals surface area contributed by atoms with E-state index in [9.17, 15) is 13.2 Å². The van der Waals surface area contributed by atoms with Crippen LogP contribution >= 0.6 is 0 Å². The number of ether oxygens (including phenoxy) is 1. The van der Waals surface area contributed by atoms with Crippen LogP contribution in [0.5, 0.6) is 0 Å². The lowest BCUT2D eigenvalue weighted by Gasteiger charge is -2.05. The van der Waals surface area contributed by atoms with Gasteiger partial charge in [0.05, 0.1) is 4.90 Å². The van der Waals surface area contributed by atoms with Crippen LogP contribution in [0, 0.1) is 0 Å². The quantitative estimate of drug-likeness (QED) is 0.838. The maximum absolute atomic E-state index is 11.6. The Bertz CT molecular complexity index is 817. The highest BCUT2D eigenvalue weighted by atomic mass is 32.2. The minimum atomic E-state index is -3.73. The summed E-state index contributed by atoms with van der Waals surface area (Å²) in [6, 6.07) is 15.6. The smallest absolute Gasteiger partial charge is 0.407 e. The topological polar surface area (TPSA) is 98.5 Å². The molecule has 126 valence electrons. The van der Waals surface area contributed by atoms with E-state index in [0.29, 0.717) is 5.56 Å². The number of carbonyl (C=O) groups excluding carboxylic acids is 1. The number of hydrogen-bond acceptors (Lipinski definition) is 4. The van der Waals surface area contributed by atoms with Crippen molar-refractivity contribution in [2.24, 2.45) is 5.14 Å². The summed E-state index contributed by atoms with van der Waals surface area (Å²) in [5.41, 5.74) is 1.57. The van der Waals surface area contributed by atoms with Crippen LogP contribution in [-0.4, -0.2) is 21.1 Å². The van der Waals surface area contributed by atoms with Crippen LogP contribution in [0.2, 0.25) is 0 Å². The third kappa shape index (κ3) is 5.86. The predicted molar refractivity (Wildman–Crippen MR) is 91.5 cm³/mol. The van der Waals surface area contributed by atoms with E-state index in [4.69, 9.17) is 9.88 Å². The van der Waals surface area contributed by atoms with Gasteiger partial charge in [-0.15, -0.1) is 0 Å². The summed E-state index contributed by atoms with van der Waals surface area (Å²) in [7, 11) is -3.73. The summed E-state index contributed by atoms with van der Waals surface area (Å²) in [4.78, 5) is 11.6. The van der Waals surface area contributed by atoms with Gasteiger partial charge < -0.3 is 10.1 Å². The molecule has 0 aliphatic carbocycles. The Morgan fingerprint density at radius 3 is 2.58 bits per heavy atom. The molecule has 0 aliphatic heterocycles. The van der Waals surface area contributed by atoms with Crippen molar-refractivity contribution in [2.45, 2.75) is 11.5 Å². The molecule has 2 rings (SSSR count). The van der Waals surface area contributed by atoms with Crippen LogP contribution < -0.4 is 10.5 Å². The van der Waals surface area contributed by atoms with Crippen molar-refractivity contribution in [3.05, 3.63) is 71.8 Å². The molecule has 0 aliphatic rings. The number of sulfonamides is 1. The second kappa shape index (κ2) is 8.28. The fourth-order valence-electron chi connectivity index (χ4n) is 1.91. The SMILES string of the molecule is NS(=O)(=O)c1cccc(C=CCNC(=O)OCc2ccccc2)c1. The molecule has 0 saturated heterocycles. The molecule has 7 heteroatoms. The molecule has 24 heavy (non-hydrogen) atoms. The average Bonchev–Trinajstić information content (AvgIpc) is 2.57. The number of benzene rings is 2. The van der Waals surface area contributed by atoms with Gasteiger partial charge in [-0.25, -0.2) is 18.4 Å². The lowest BCUT2D eigenvalue weighted by molar-refractivity contribution is 0.141. The van der Waals surface area contributed by atoms with Gasteiger partial charge in [-0.1, -0.05) is 54.6 Å². The average molecular weight is 346 g/mol. The van der Waals surface area contributed by atoms with Crippen molar-refractivity contribution in [2.75, 3.05) is 6.54 Å². The Morgan fingerprint density at radius 2 is 1.88 bits per heavy atom. The Labute approximate surface area is 141 Å². The summed E-state index contributed by atoms with van der Waals surface area (Å²) in [5, 5.41) is 7.65. The number of hydrogen-bond donors (Lipinski definition) is 2. The molecule has 2 aromatic rings. The van der Waals surface area contributed by atoms with Crippen LogP contribution in [0.1, 0.15) is 11.1 Å². The Kier molecular flexibility index (Phi) is 6.11. The number of carbonyl (C=O) groups is 1. The van der Waals surface area contributed by atoms with E-state index in [1.807, 2.05) is 30.3 Å². The molecular weight excluding hydrogens is 328 g/mol. The number of alkyl carbamates (subject to hydrolysis) is 1. The summed E-state index contributed by atoms with van der Waals surface area (Å²) in [6.07, 6.45) is 2.85. The number of rotatable bonds is 6. The van der Waals surface area contributed by atoms with Gasteiger partial charge in [-0.2, -0.15) is 0 Å². The lowest BCUT2D eigenvalue weighted by atomic mass is 10.2. The summed E-state index contributed by atoms with van der Waals surface area (Å²) >= 11 is 0. The molecular formula is C17H18N2O4S. The molecule has 2 aromatic carbocycles. The Hall–Kier alpha value is -2.64. The maximum Gasteiger partial charge on any atom is 0.407 e. The van der Waals surface area contributed by atoms with Gasteiger partial charge in [0.25, 0.3) is 0 Å². The number of nitrogens with two attached hydrogens (primary N) is 1. The Morgan fingerprint density at radius 1 is 1.12 bits per heavy atom. The second-order valence-corrected chi connectivity index (χ2v) is 6.52. The van der Waals surface area contributed by atoms with Gasteiger partial charge in [0, 0.05) is 6.54 Å². The fraction of sp³-hybridized carbons (Fsp3) is 0.118. The van der Waals surface area contributed by atoms with Crippen molar-refractivity contribution < 1.29 is 17.9 Å². The zero-order valence-electron chi connectivity index (χ0n) is 12.9. The minimum Gasteiger partial charge on any atom is -0.445 e. The number of primary sulfonamides is 1.